The average Bonchev–Trinajstić information content (AvgIpc) is 2.52. The summed E-state index contributed by atoms with van der Waals surface area (Å²) in [5, 5.41) is 12.6. The summed E-state index contributed by atoms with van der Waals surface area (Å²) in [7, 11) is 0. The Bertz CT molecular complexity index is 585. The van der Waals surface area contributed by atoms with Crippen molar-refractivity contribution >= 4 is 5.69 Å². The molecule has 0 spiro atoms. The molecule has 2 N–H and O–H groups in total. The van der Waals surface area contributed by atoms with Gasteiger partial charge in [-0.25, -0.2) is 0 Å². The van der Waals surface area contributed by atoms with Crippen LogP contribution in [0.2, 0.25) is 0 Å². The molecule has 0 saturated heterocycles. The lowest BCUT2D eigenvalue weighted by Gasteiger charge is -2.11. The third-order valence-electron chi connectivity index (χ3n) is 2.92. The molecule has 0 bridgehead atoms. The van der Waals surface area contributed by atoms with Gasteiger partial charge >= 0.3 is 0 Å². The highest BCUT2D eigenvalue weighted by Crippen LogP contribution is 2.17. The maximum absolute atomic E-state index is 9.26. The highest BCUT2D eigenvalue weighted by atomic mass is 16.5. The second kappa shape index (κ2) is 7.22. The predicted octanol–water partition coefficient (Wildman–Crippen LogP) is 2.80. The van der Waals surface area contributed by atoms with Crippen LogP contribution in [0.5, 0.6) is 5.75 Å². The van der Waals surface area contributed by atoms with Crippen molar-refractivity contribution in [3.8, 4) is 18.1 Å². The van der Waals surface area contributed by atoms with E-state index in [1.54, 1.807) is 0 Å². The van der Waals surface area contributed by atoms with Crippen molar-refractivity contribution in [1.82, 2.24) is 0 Å². The number of anilines is 1. The van der Waals surface area contributed by atoms with Crippen LogP contribution in [0.1, 0.15) is 11.1 Å². The number of rotatable bonds is 6. The van der Waals surface area contributed by atoms with Crippen molar-refractivity contribution < 1.29 is 9.84 Å². The Balaban J connectivity index is 1.95. The zero-order valence-electron chi connectivity index (χ0n) is 11.2. The van der Waals surface area contributed by atoms with Crippen LogP contribution in [0.4, 0.5) is 5.69 Å². The van der Waals surface area contributed by atoms with Crippen molar-refractivity contribution in [2.24, 2.45) is 0 Å². The number of para-hydroxylation sites is 1. The third-order valence-corrected chi connectivity index (χ3v) is 2.92. The van der Waals surface area contributed by atoms with Crippen molar-refractivity contribution in [2.45, 2.75) is 13.2 Å². The maximum Gasteiger partial charge on any atom is 0.148 e. The Morgan fingerprint density at radius 1 is 1.10 bits per heavy atom. The number of aliphatic hydroxyl groups is 1. The molecule has 0 aromatic heterocycles. The fourth-order valence-electron chi connectivity index (χ4n) is 1.86. The highest BCUT2D eigenvalue weighted by Gasteiger charge is 2.00. The minimum absolute atomic E-state index is 0.0298. The van der Waals surface area contributed by atoms with E-state index in [0.717, 1.165) is 22.6 Å². The van der Waals surface area contributed by atoms with Gasteiger partial charge in [-0.3, -0.25) is 0 Å². The minimum Gasteiger partial charge on any atom is -0.481 e. The van der Waals surface area contributed by atoms with E-state index in [1.807, 2.05) is 48.5 Å². The van der Waals surface area contributed by atoms with E-state index >= 15 is 0 Å². The summed E-state index contributed by atoms with van der Waals surface area (Å²) >= 11 is 0. The van der Waals surface area contributed by atoms with Gasteiger partial charge in [0, 0.05) is 17.8 Å². The van der Waals surface area contributed by atoms with Crippen molar-refractivity contribution in [1.29, 1.82) is 0 Å². The summed E-state index contributed by atoms with van der Waals surface area (Å²) in [5.41, 5.74) is 2.97. The molecular weight excluding hydrogens is 250 g/mol. The molecule has 0 saturated carbocycles. The quantitative estimate of drug-likeness (QED) is 0.791. The van der Waals surface area contributed by atoms with Gasteiger partial charge in [-0.2, -0.15) is 0 Å². The van der Waals surface area contributed by atoms with Crippen LogP contribution in [0.25, 0.3) is 0 Å². The molecule has 0 unspecified atom stereocenters. The molecule has 20 heavy (non-hydrogen) atoms. The van der Waals surface area contributed by atoms with Crippen LogP contribution < -0.4 is 10.1 Å². The summed E-state index contributed by atoms with van der Waals surface area (Å²) < 4.78 is 5.32. The summed E-state index contributed by atoms with van der Waals surface area (Å²) in [6.45, 7) is 0.996. The number of hydrogen-bond acceptors (Lipinski definition) is 3. The minimum atomic E-state index is 0.0298. The lowest BCUT2D eigenvalue weighted by atomic mass is 10.1. The first-order chi connectivity index (χ1) is 9.83. The maximum atomic E-state index is 9.26. The first kappa shape index (κ1) is 14.0. The highest BCUT2D eigenvalue weighted by molar-refractivity contribution is 5.51. The smallest absolute Gasteiger partial charge is 0.148 e. The second-order valence-electron chi connectivity index (χ2n) is 4.31. The van der Waals surface area contributed by atoms with E-state index < -0.39 is 0 Å². The molecular formula is C17H17NO2. The molecule has 2 rings (SSSR count). The molecule has 2 aromatic rings. The van der Waals surface area contributed by atoms with Crippen LogP contribution in [0.15, 0.2) is 48.5 Å². The molecule has 0 aliphatic heterocycles. The van der Waals surface area contributed by atoms with Crippen LogP contribution in [-0.4, -0.2) is 11.7 Å². The van der Waals surface area contributed by atoms with E-state index in [0.29, 0.717) is 6.54 Å². The molecule has 102 valence electrons. The van der Waals surface area contributed by atoms with E-state index in [9.17, 15) is 5.11 Å². The van der Waals surface area contributed by atoms with Crippen LogP contribution in [0, 0.1) is 12.3 Å². The Morgan fingerprint density at radius 2 is 1.85 bits per heavy atom. The normalized spacial score (nSPS) is 9.80. The molecule has 0 aliphatic rings. The van der Waals surface area contributed by atoms with Crippen LogP contribution >= 0.6 is 0 Å². The third kappa shape index (κ3) is 3.78. The molecule has 0 amide bonds. The number of aliphatic hydroxyl groups excluding tert-OH is 1. The monoisotopic (exact) mass is 267 g/mol. The zero-order valence-corrected chi connectivity index (χ0v) is 11.2. The van der Waals surface area contributed by atoms with E-state index in [4.69, 9.17) is 11.2 Å². The summed E-state index contributed by atoms with van der Waals surface area (Å²) in [5.74, 6) is 3.20. The average molecular weight is 267 g/mol. The van der Waals surface area contributed by atoms with Crippen LogP contribution in [0.3, 0.4) is 0 Å². The molecule has 0 atom stereocenters. The van der Waals surface area contributed by atoms with Gasteiger partial charge in [-0.1, -0.05) is 36.3 Å². The Kier molecular flexibility index (Phi) is 5.05. The van der Waals surface area contributed by atoms with Gasteiger partial charge < -0.3 is 15.2 Å². The van der Waals surface area contributed by atoms with Gasteiger partial charge in [0.15, 0.2) is 0 Å². The summed E-state index contributed by atoms with van der Waals surface area (Å²) in [4.78, 5) is 0. The van der Waals surface area contributed by atoms with Crippen molar-refractivity contribution in [3.05, 3.63) is 59.7 Å². The van der Waals surface area contributed by atoms with E-state index in [-0.39, 0.29) is 13.2 Å². The molecule has 3 nitrogen and oxygen atoms in total. The first-order valence-electron chi connectivity index (χ1n) is 6.41. The number of terminal acetylenes is 1. The molecule has 2 aromatic carbocycles. The Labute approximate surface area is 119 Å². The lowest BCUT2D eigenvalue weighted by molar-refractivity contribution is 0.282. The summed E-state index contributed by atoms with van der Waals surface area (Å²) in [6.07, 6.45) is 5.14. The van der Waals surface area contributed by atoms with Crippen molar-refractivity contribution in [3.63, 3.8) is 0 Å². The molecule has 0 radical (unpaired) electrons. The lowest BCUT2D eigenvalue weighted by Crippen LogP contribution is -2.02. The predicted molar refractivity (Wildman–Crippen MR) is 80.5 cm³/mol. The van der Waals surface area contributed by atoms with Gasteiger partial charge in [0.1, 0.15) is 12.4 Å². The summed E-state index contributed by atoms with van der Waals surface area (Å²) in [6, 6.07) is 15.5. The standard InChI is InChI=1S/C17H17NO2/c1-2-11-20-16-9-7-14(8-10-16)12-18-17-6-4-3-5-15(17)13-19/h1,3-10,18-19H,11-13H2. The largest absolute Gasteiger partial charge is 0.481 e. The van der Waals surface area contributed by atoms with Gasteiger partial charge in [-0.05, 0) is 23.8 Å². The first-order valence-corrected chi connectivity index (χ1v) is 6.41. The molecule has 0 fully saturated rings. The second-order valence-corrected chi connectivity index (χ2v) is 4.31. The zero-order chi connectivity index (χ0) is 14.2. The SMILES string of the molecule is C#CCOc1ccc(CNc2ccccc2CO)cc1. The molecule has 3 heteroatoms. The van der Waals surface area contributed by atoms with E-state index in [1.165, 1.54) is 0 Å². The topological polar surface area (TPSA) is 41.5 Å². The number of nitrogens with one attached hydrogen (secondary N) is 1. The van der Waals surface area contributed by atoms with Crippen LogP contribution in [-0.2, 0) is 13.2 Å². The number of ether oxygens (including phenoxy) is 1. The number of hydrogen-bond donors (Lipinski definition) is 2. The van der Waals surface area contributed by atoms with Gasteiger partial charge in [0.2, 0.25) is 0 Å². The molecule has 0 aliphatic carbocycles. The van der Waals surface area contributed by atoms with E-state index in [2.05, 4.69) is 11.2 Å². The van der Waals surface area contributed by atoms with Gasteiger partial charge in [0.05, 0.1) is 6.61 Å². The Morgan fingerprint density at radius 3 is 2.55 bits per heavy atom. The van der Waals surface area contributed by atoms with Gasteiger partial charge in [-0.15, -0.1) is 6.42 Å². The fourth-order valence-corrected chi connectivity index (χ4v) is 1.86. The van der Waals surface area contributed by atoms with Gasteiger partial charge in [0.25, 0.3) is 0 Å². The number of benzene rings is 2. The fraction of sp³-hybridized carbons (Fsp3) is 0.176. The van der Waals surface area contributed by atoms with Crippen molar-refractivity contribution in [2.75, 3.05) is 11.9 Å². The molecule has 0 heterocycles. The Hall–Kier alpha value is -2.44.